The van der Waals surface area contributed by atoms with Crippen LogP contribution in [0.25, 0.3) is 0 Å². The lowest BCUT2D eigenvalue weighted by atomic mass is 10.2. The molecule has 0 saturated carbocycles. The van der Waals surface area contributed by atoms with Gasteiger partial charge in [-0.25, -0.2) is 4.98 Å². The number of aliphatic hydroxyl groups is 1. The number of likely N-dealkylation sites (tertiary alicyclic amines) is 1. The molecule has 1 N–H and O–H groups in total. The van der Waals surface area contributed by atoms with Crippen molar-refractivity contribution in [1.29, 1.82) is 0 Å². The summed E-state index contributed by atoms with van der Waals surface area (Å²) < 4.78 is 0.907. The molecule has 1 saturated heterocycles. The fourth-order valence-electron chi connectivity index (χ4n) is 2.85. The van der Waals surface area contributed by atoms with Crippen molar-refractivity contribution < 1.29 is 5.11 Å². The molecular formula is C14H22BrN3O. The van der Waals surface area contributed by atoms with E-state index in [0.29, 0.717) is 6.04 Å². The van der Waals surface area contributed by atoms with Gasteiger partial charge >= 0.3 is 0 Å². The third kappa shape index (κ3) is 3.46. The molecule has 0 radical (unpaired) electrons. The average Bonchev–Trinajstić information content (AvgIpc) is 2.85. The molecule has 0 spiro atoms. The highest BCUT2D eigenvalue weighted by molar-refractivity contribution is 9.10. The summed E-state index contributed by atoms with van der Waals surface area (Å²) in [6.45, 7) is 5.52. The molecule has 1 aliphatic rings. The second-order valence-electron chi connectivity index (χ2n) is 5.10. The van der Waals surface area contributed by atoms with E-state index in [1.54, 1.807) is 6.20 Å². The van der Waals surface area contributed by atoms with E-state index >= 15 is 0 Å². The van der Waals surface area contributed by atoms with Crippen molar-refractivity contribution >= 4 is 21.7 Å². The smallest absolute Gasteiger partial charge is 0.133 e. The van der Waals surface area contributed by atoms with Gasteiger partial charge in [0.2, 0.25) is 0 Å². The molecule has 0 aromatic carbocycles. The minimum absolute atomic E-state index is 0.0221. The van der Waals surface area contributed by atoms with Crippen LogP contribution in [-0.2, 0) is 6.61 Å². The van der Waals surface area contributed by atoms with Crippen LogP contribution in [0.4, 0.5) is 5.82 Å². The number of aliphatic hydroxyl groups excluding tert-OH is 1. The molecule has 106 valence electrons. The summed E-state index contributed by atoms with van der Waals surface area (Å²) in [6.07, 6.45) is 4.33. The van der Waals surface area contributed by atoms with Crippen molar-refractivity contribution in [3.63, 3.8) is 0 Å². The summed E-state index contributed by atoms with van der Waals surface area (Å²) in [4.78, 5) is 9.13. The molecule has 1 fully saturated rings. The van der Waals surface area contributed by atoms with Crippen molar-refractivity contribution in [2.45, 2.75) is 32.4 Å². The van der Waals surface area contributed by atoms with Crippen LogP contribution in [0, 0.1) is 0 Å². The van der Waals surface area contributed by atoms with E-state index in [0.717, 1.165) is 28.9 Å². The van der Waals surface area contributed by atoms with Crippen LogP contribution >= 0.6 is 15.9 Å². The normalized spacial score (nSPS) is 19.9. The van der Waals surface area contributed by atoms with Gasteiger partial charge in [0.25, 0.3) is 0 Å². The Balaban J connectivity index is 2.09. The van der Waals surface area contributed by atoms with Crippen LogP contribution in [0.15, 0.2) is 16.7 Å². The first-order chi connectivity index (χ1) is 9.15. The quantitative estimate of drug-likeness (QED) is 0.900. The third-order valence-electron chi connectivity index (χ3n) is 3.83. The fraction of sp³-hybridized carbons (Fsp3) is 0.643. The van der Waals surface area contributed by atoms with Crippen LogP contribution in [0.3, 0.4) is 0 Å². The van der Waals surface area contributed by atoms with Crippen LogP contribution in [0.1, 0.15) is 25.3 Å². The van der Waals surface area contributed by atoms with Crippen molar-refractivity contribution in [1.82, 2.24) is 9.88 Å². The molecule has 5 heteroatoms. The van der Waals surface area contributed by atoms with Gasteiger partial charge in [-0.2, -0.15) is 0 Å². The van der Waals surface area contributed by atoms with Crippen molar-refractivity contribution in [2.75, 3.05) is 31.6 Å². The number of aromatic nitrogens is 1. The lowest BCUT2D eigenvalue weighted by Crippen LogP contribution is -2.39. The number of nitrogens with zero attached hydrogens (tertiary/aromatic N) is 3. The minimum Gasteiger partial charge on any atom is -0.392 e. The summed E-state index contributed by atoms with van der Waals surface area (Å²) >= 11 is 3.39. The van der Waals surface area contributed by atoms with Gasteiger partial charge < -0.3 is 10.0 Å². The highest BCUT2D eigenvalue weighted by Crippen LogP contribution is 2.23. The van der Waals surface area contributed by atoms with E-state index in [4.69, 9.17) is 0 Å². The topological polar surface area (TPSA) is 39.6 Å². The van der Waals surface area contributed by atoms with Crippen LogP contribution in [-0.4, -0.2) is 47.7 Å². The van der Waals surface area contributed by atoms with E-state index in [2.05, 4.69) is 44.7 Å². The van der Waals surface area contributed by atoms with Crippen LogP contribution in [0.5, 0.6) is 0 Å². The SMILES string of the molecule is CCN1CCCC1CN(C)c1ncc(Br)cc1CO. The van der Waals surface area contributed by atoms with Gasteiger partial charge in [-0.15, -0.1) is 0 Å². The largest absolute Gasteiger partial charge is 0.392 e. The minimum atomic E-state index is 0.0221. The van der Waals surface area contributed by atoms with E-state index in [9.17, 15) is 5.11 Å². The van der Waals surface area contributed by atoms with Crippen LogP contribution < -0.4 is 4.90 Å². The molecule has 0 bridgehead atoms. The number of halogens is 1. The lowest BCUT2D eigenvalue weighted by molar-refractivity contribution is 0.268. The summed E-state index contributed by atoms with van der Waals surface area (Å²) in [5.74, 6) is 0.883. The molecule has 2 heterocycles. The predicted octanol–water partition coefficient (Wildman–Crippen LogP) is 2.26. The van der Waals surface area contributed by atoms with Gasteiger partial charge in [0.05, 0.1) is 6.61 Å². The van der Waals surface area contributed by atoms with Gasteiger partial charge in [0, 0.05) is 35.9 Å². The van der Waals surface area contributed by atoms with E-state index in [-0.39, 0.29) is 6.61 Å². The number of hydrogen-bond acceptors (Lipinski definition) is 4. The second kappa shape index (κ2) is 6.68. The molecule has 2 rings (SSSR count). The van der Waals surface area contributed by atoms with E-state index < -0.39 is 0 Å². The van der Waals surface area contributed by atoms with Crippen LogP contribution in [0.2, 0.25) is 0 Å². The molecule has 1 unspecified atom stereocenters. The number of anilines is 1. The maximum Gasteiger partial charge on any atom is 0.133 e. The maximum atomic E-state index is 9.45. The number of hydrogen-bond donors (Lipinski definition) is 1. The molecule has 1 aromatic heterocycles. The van der Waals surface area contributed by atoms with E-state index in [1.807, 2.05) is 6.07 Å². The van der Waals surface area contributed by atoms with Crippen molar-refractivity contribution in [3.05, 3.63) is 22.3 Å². The monoisotopic (exact) mass is 327 g/mol. The van der Waals surface area contributed by atoms with Gasteiger partial charge in [-0.05, 0) is 47.9 Å². The summed E-state index contributed by atoms with van der Waals surface area (Å²) in [5.41, 5.74) is 0.873. The summed E-state index contributed by atoms with van der Waals surface area (Å²) in [5, 5.41) is 9.45. The molecule has 0 amide bonds. The Hall–Kier alpha value is -0.650. The molecule has 1 aliphatic heterocycles. The highest BCUT2D eigenvalue weighted by Gasteiger charge is 2.25. The Morgan fingerprint density at radius 2 is 2.37 bits per heavy atom. The number of likely N-dealkylation sites (N-methyl/N-ethyl adjacent to an activating group) is 2. The molecule has 19 heavy (non-hydrogen) atoms. The molecule has 1 aromatic rings. The maximum absolute atomic E-state index is 9.45. The Morgan fingerprint density at radius 1 is 1.58 bits per heavy atom. The third-order valence-corrected chi connectivity index (χ3v) is 4.26. The molecule has 4 nitrogen and oxygen atoms in total. The Kier molecular flexibility index (Phi) is 5.19. The summed E-state index contributed by atoms with van der Waals surface area (Å²) in [6, 6.07) is 2.54. The zero-order valence-electron chi connectivity index (χ0n) is 11.6. The zero-order chi connectivity index (χ0) is 13.8. The number of pyridine rings is 1. The average molecular weight is 328 g/mol. The zero-order valence-corrected chi connectivity index (χ0v) is 13.2. The number of rotatable bonds is 5. The first-order valence-electron chi connectivity index (χ1n) is 6.86. The van der Waals surface area contributed by atoms with Gasteiger partial charge in [-0.3, -0.25) is 4.90 Å². The molecular weight excluding hydrogens is 306 g/mol. The molecule has 0 aliphatic carbocycles. The van der Waals surface area contributed by atoms with Gasteiger partial charge in [0.1, 0.15) is 5.82 Å². The Labute approximate surface area is 123 Å². The first kappa shape index (κ1) is 14.8. The first-order valence-corrected chi connectivity index (χ1v) is 7.65. The fourth-order valence-corrected chi connectivity index (χ4v) is 3.23. The Bertz CT molecular complexity index is 427. The van der Waals surface area contributed by atoms with E-state index in [1.165, 1.54) is 19.4 Å². The van der Waals surface area contributed by atoms with Gasteiger partial charge in [0.15, 0.2) is 0 Å². The van der Waals surface area contributed by atoms with Crippen molar-refractivity contribution in [3.8, 4) is 0 Å². The second-order valence-corrected chi connectivity index (χ2v) is 6.02. The highest BCUT2D eigenvalue weighted by atomic mass is 79.9. The van der Waals surface area contributed by atoms with Gasteiger partial charge in [-0.1, -0.05) is 6.92 Å². The molecule has 1 atom stereocenters. The van der Waals surface area contributed by atoms with Crippen molar-refractivity contribution in [2.24, 2.45) is 0 Å². The summed E-state index contributed by atoms with van der Waals surface area (Å²) in [7, 11) is 2.06. The standard InChI is InChI=1S/C14H22BrN3O/c1-3-18-6-4-5-13(18)9-17(2)14-11(10-19)7-12(15)8-16-14/h7-8,13,19H,3-6,9-10H2,1-2H3. The predicted molar refractivity (Wildman–Crippen MR) is 81.4 cm³/mol. The Morgan fingerprint density at radius 3 is 3.05 bits per heavy atom. The lowest BCUT2D eigenvalue weighted by Gasteiger charge is -2.29.